The van der Waals surface area contributed by atoms with E-state index in [2.05, 4.69) is 33.3 Å². The van der Waals surface area contributed by atoms with Crippen molar-refractivity contribution in [2.75, 3.05) is 32.8 Å². The number of nitrogens with one attached hydrogen (secondary N) is 1. The van der Waals surface area contributed by atoms with Crippen molar-refractivity contribution in [2.24, 2.45) is 0 Å². The Kier molecular flexibility index (Phi) is 7.99. The molecule has 3 heterocycles. The number of carbonyl (C=O) groups excluding carboxylic acids is 1. The van der Waals surface area contributed by atoms with E-state index in [9.17, 15) is 4.79 Å². The van der Waals surface area contributed by atoms with Crippen molar-refractivity contribution in [2.45, 2.75) is 63.8 Å². The molecule has 1 unspecified atom stereocenters. The number of fused-ring (bicyclic) bond motifs is 3. The molecule has 1 amide bonds. The second-order valence-electron chi connectivity index (χ2n) is 8.91. The van der Waals surface area contributed by atoms with Gasteiger partial charge in [0.15, 0.2) is 0 Å². The van der Waals surface area contributed by atoms with E-state index in [4.69, 9.17) is 4.74 Å². The van der Waals surface area contributed by atoms with Crippen LogP contribution >= 0.6 is 0 Å². The maximum Gasteiger partial charge on any atom is 0.223 e. The molecule has 0 aliphatic carbocycles. The summed E-state index contributed by atoms with van der Waals surface area (Å²) in [6.07, 6.45) is 13.4. The minimum absolute atomic E-state index is 0.207. The van der Waals surface area contributed by atoms with Gasteiger partial charge < -0.3 is 14.5 Å². The molecule has 0 saturated carbocycles. The Hall–Kier alpha value is -2.34. The highest BCUT2D eigenvalue weighted by molar-refractivity contribution is 5.76. The molecule has 1 aromatic carbocycles. The molecule has 1 atom stereocenters. The van der Waals surface area contributed by atoms with E-state index in [0.29, 0.717) is 25.6 Å². The Bertz CT molecular complexity index is 808. The second-order valence-corrected chi connectivity index (χ2v) is 8.91. The number of piperidine rings is 1. The molecule has 6 heteroatoms. The number of hydrogen-bond donors (Lipinski definition) is 1. The molecule has 2 aliphatic heterocycles. The van der Waals surface area contributed by atoms with Crippen LogP contribution in [-0.4, -0.2) is 64.7 Å². The molecule has 1 aromatic heterocycles. The number of aromatic amines is 1. The van der Waals surface area contributed by atoms with Gasteiger partial charge >= 0.3 is 0 Å². The molecule has 2 aliphatic rings. The van der Waals surface area contributed by atoms with Crippen LogP contribution < -0.4 is 4.74 Å². The summed E-state index contributed by atoms with van der Waals surface area (Å²) in [7, 11) is 0. The molecule has 2 bridgehead atoms. The van der Waals surface area contributed by atoms with Crippen LogP contribution in [0.2, 0.25) is 0 Å². The number of hydrogen-bond acceptors (Lipinski definition) is 4. The number of H-pyrrole nitrogens is 1. The number of rotatable bonds is 3. The van der Waals surface area contributed by atoms with Crippen molar-refractivity contribution >= 4 is 5.91 Å². The Morgan fingerprint density at radius 2 is 1.97 bits per heavy atom. The van der Waals surface area contributed by atoms with E-state index in [-0.39, 0.29) is 5.91 Å². The van der Waals surface area contributed by atoms with Crippen molar-refractivity contribution in [3.05, 3.63) is 47.8 Å². The Labute approximate surface area is 186 Å². The molecule has 1 fully saturated rings. The summed E-state index contributed by atoms with van der Waals surface area (Å²) in [4.78, 5) is 17.6. The van der Waals surface area contributed by atoms with Crippen LogP contribution in [0.25, 0.3) is 0 Å². The highest BCUT2D eigenvalue weighted by atomic mass is 16.5. The standard InChI is InChI=1S/C25H36N4O2/c30-25(12-10-22-19-26-27-20-22)29-15-4-3-14-28-13-2-1-7-23(28)11-9-21-6-5-8-24(18-21)31-17-16-29/h5-6,8,18-20,23H,1-4,7,9-17H2,(H,26,27). The van der Waals surface area contributed by atoms with Crippen LogP contribution in [0.15, 0.2) is 36.7 Å². The molecule has 1 N–H and O–H groups in total. The van der Waals surface area contributed by atoms with Gasteiger partial charge in [0, 0.05) is 25.2 Å². The SMILES string of the molecule is O=C(CCc1cn[nH]c1)N1CCCCN2CCCCC2CCc2cccc(c2)OCC1. The van der Waals surface area contributed by atoms with Gasteiger partial charge in [-0.1, -0.05) is 18.6 Å². The van der Waals surface area contributed by atoms with Crippen LogP contribution in [0.4, 0.5) is 0 Å². The maximum atomic E-state index is 12.9. The first-order valence-corrected chi connectivity index (χ1v) is 12.0. The lowest BCUT2D eigenvalue weighted by molar-refractivity contribution is -0.131. The third-order valence-corrected chi connectivity index (χ3v) is 6.70. The summed E-state index contributed by atoms with van der Waals surface area (Å²) < 4.78 is 6.04. The predicted octanol–water partition coefficient (Wildman–Crippen LogP) is 3.83. The second kappa shape index (κ2) is 11.3. The predicted molar refractivity (Wildman–Crippen MR) is 122 cm³/mol. The molecule has 168 valence electrons. The Balaban J connectivity index is 1.40. The zero-order chi connectivity index (χ0) is 21.3. The van der Waals surface area contributed by atoms with E-state index < -0.39 is 0 Å². The minimum Gasteiger partial charge on any atom is -0.492 e. The first-order valence-electron chi connectivity index (χ1n) is 12.0. The first-order chi connectivity index (χ1) is 15.3. The highest BCUT2D eigenvalue weighted by Gasteiger charge is 2.22. The molecule has 0 spiro atoms. The van der Waals surface area contributed by atoms with Gasteiger partial charge in [0.1, 0.15) is 12.4 Å². The zero-order valence-corrected chi connectivity index (χ0v) is 18.6. The number of aromatic nitrogens is 2. The summed E-state index contributed by atoms with van der Waals surface area (Å²) in [6.45, 7) is 4.36. The fourth-order valence-corrected chi connectivity index (χ4v) is 4.88. The molecule has 1 saturated heterocycles. The minimum atomic E-state index is 0.207. The largest absolute Gasteiger partial charge is 0.492 e. The van der Waals surface area contributed by atoms with Crippen LogP contribution in [0, 0.1) is 0 Å². The van der Waals surface area contributed by atoms with E-state index >= 15 is 0 Å². The van der Waals surface area contributed by atoms with Gasteiger partial charge in [0.25, 0.3) is 0 Å². The van der Waals surface area contributed by atoms with Crippen LogP contribution in [0.5, 0.6) is 5.75 Å². The molecule has 2 aromatic rings. The summed E-state index contributed by atoms with van der Waals surface area (Å²) in [5.41, 5.74) is 2.43. The molecule has 4 rings (SSSR count). The van der Waals surface area contributed by atoms with Crippen molar-refractivity contribution in [1.29, 1.82) is 0 Å². The van der Waals surface area contributed by atoms with Gasteiger partial charge in [-0.3, -0.25) is 9.89 Å². The third kappa shape index (κ3) is 6.57. The molecular formula is C25H36N4O2. The van der Waals surface area contributed by atoms with E-state index in [1.807, 2.05) is 17.2 Å². The van der Waals surface area contributed by atoms with Crippen LogP contribution in [-0.2, 0) is 17.6 Å². The lowest BCUT2D eigenvalue weighted by atomic mass is 9.95. The highest BCUT2D eigenvalue weighted by Crippen LogP contribution is 2.23. The lowest BCUT2D eigenvalue weighted by Gasteiger charge is -2.36. The van der Waals surface area contributed by atoms with E-state index in [1.54, 1.807) is 6.20 Å². The van der Waals surface area contributed by atoms with Gasteiger partial charge in [-0.15, -0.1) is 0 Å². The Morgan fingerprint density at radius 1 is 1.10 bits per heavy atom. The number of ether oxygens (including phenoxy) is 1. The average Bonchev–Trinajstić information content (AvgIpc) is 3.32. The first kappa shape index (κ1) is 21.9. The fourth-order valence-electron chi connectivity index (χ4n) is 4.88. The molecule has 6 nitrogen and oxygen atoms in total. The van der Waals surface area contributed by atoms with Crippen molar-refractivity contribution in [3.63, 3.8) is 0 Å². The number of amides is 1. The molecular weight excluding hydrogens is 388 g/mol. The van der Waals surface area contributed by atoms with Crippen molar-refractivity contribution < 1.29 is 9.53 Å². The monoisotopic (exact) mass is 424 g/mol. The molecule has 0 radical (unpaired) electrons. The van der Waals surface area contributed by atoms with Crippen molar-refractivity contribution in [3.8, 4) is 5.75 Å². The van der Waals surface area contributed by atoms with Crippen LogP contribution in [0.1, 0.15) is 56.1 Å². The maximum absolute atomic E-state index is 12.9. The summed E-state index contributed by atoms with van der Waals surface area (Å²) in [5, 5.41) is 6.80. The summed E-state index contributed by atoms with van der Waals surface area (Å²) in [5.74, 6) is 1.12. The topological polar surface area (TPSA) is 61.5 Å². The molecule has 31 heavy (non-hydrogen) atoms. The third-order valence-electron chi connectivity index (χ3n) is 6.70. The normalized spacial score (nSPS) is 21.4. The quantitative estimate of drug-likeness (QED) is 0.813. The number of carbonyl (C=O) groups is 1. The average molecular weight is 425 g/mol. The van der Waals surface area contributed by atoms with Crippen molar-refractivity contribution in [1.82, 2.24) is 20.0 Å². The number of benzene rings is 1. The fraction of sp³-hybridized carbons (Fsp3) is 0.600. The zero-order valence-electron chi connectivity index (χ0n) is 18.6. The number of aryl methyl sites for hydroxylation is 2. The summed E-state index contributed by atoms with van der Waals surface area (Å²) >= 11 is 0. The van der Waals surface area contributed by atoms with Gasteiger partial charge in [-0.2, -0.15) is 5.10 Å². The van der Waals surface area contributed by atoms with E-state index in [0.717, 1.165) is 50.1 Å². The Morgan fingerprint density at radius 3 is 2.84 bits per heavy atom. The van der Waals surface area contributed by atoms with Gasteiger partial charge in [0.05, 0.1) is 12.7 Å². The summed E-state index contributed by atoms with van der Waals surface area (Å²) in [6, 6.07) is 9.20. The van der Waals surface area contributed by atoms with Gasteiger partial charge in [-0.05, 0) is 81.3 Å². The van der Waals surface area contributed by atoms with E-state index in [1.165, 1.54) is 37.8 Å². The van der Waals surface area contributed by atoms with Crippen LogP contribution in [0.3, 0.4) is 0 Å². The van der Waals surface area contributed by atoms with Gasteiger partial charge in [-0.25, -0.2) is 0 Å². The number of nitrogens with zero attached hydrogens (tertiary/aromatic N) is 3. The lowest BCUT2D eigenvalue weighted by Crippen LogP contribution is -2.40. The van der Waals surface area contributed by atoms with Gasteiger partial charge in [0.2, 0.25) is 5.91 Å². The smallest absolute Gasteiger partial charge is 0.223 e.